The number of carbonyl (C=O) groups excluding carboxylic acids is 3. The molecule has 0 radical (unpaired) electrons. The fraction of sp³-hybridized carbons (Fsp3) is 0.250. The number of nitrogens with one attached hydrogen (secondary N) is 3. The highest BCUT2D eigenvalue weighted by atomic mass is 32.2. The van der Waals surface area contributed by atoms with E-state index in [-0.39, 0.29) is 17.4 Å². The summed E-state index contributed by atoms with van der Waals surface area (Å²) in [4.78, 5) is 38.7. The van der Waals surface area contributed by atoms with E-state index in [4.69, 9.17) is 4.74 Å². The number of hydrogen-bond acceptors (Lipinski definition) is 9. The molecule has 0 saturated heterocycles. The van der Waals surface area contributed by atoms with Gasteiger partial charge in [-0.1, -0.05) is 29.2 Å². The van der Waals surface area contributed by atoms with E-state index in [1.54, 1.807) is 26.0 Å². The summed E-state index contributed by atoms with van der Waals surface area (Å²) in [7, 11) is 1.31. The van der Waals surface area contributed by atoms with Crippen LogP contribution >= 0.6 is 23.1 Å². The molecule has 0 aliphatic rings. The van der Waals surface area contributed by atoms with E-state index >= 15 is 0 Å². The summed E-state index contributed by atoms with van der Waals surface area (Å²) in [6.07, 6.45) is 0. The van der Waals surface area contributed by atoms with Gasteiger partial charge in [0.1, 0.15) is 0 Å². The fourth-order valence-electron chi connectivity index (χ4n) is 2.96. The van der Waals surface area contributed by atoms with Crippen molar-refractivity contribution in [3.63, 3.8) is 0 Å². The zero-order chi connectivity index (χ0) is 22.5. The summed E-state index contributed by atoms with van der Waals surface area (Å²) in [5.41, 5.74) is 3.38. The number of ether oxygens (including phenoxy) is 1. The van der Waals surface area contributed by atoms with Gasteiger partial charge in [0.25, 0.3) is 0 Å². The van der Waals surface area contributed by atoms with Crippen molar-refractivity contribution in [2.45, 2.75) is 25.1 Å². The lowest BCUT2D eigenvalue weighted by molar-refractivity contribution is -0.114. The molecule has 3 N–H and O–H groups in total. The van der Waals surface area contributed by atoms with Gasteiger partial charge in [0.15, 0.2) is 10.1 Å². The highest BCUT2D eigenvalue weighted by molar-refractivity contribution is 8.01. The first-order chi connectivity index (χ1) is 14.8. The molecule has 0 atom stereocenters. The lowest BCUT2D eigenvalue weighted by Gasteiger charge is -2.05. The second-order valence-corrected chi connectivity index (χ2v) is 8.79. The van der Waals surface area contributed by atoms with Crippen molar-refractivity contribution in [2.24, 2.45) is 0 Å². The highest BCUT2D eigenvalue weighted by Crippen LogP contribution is 2.29. The van der Waals surface area contributed by atoms with E-state index < -0.39 is 5.97 Å². The molecule has 0 aliphatic heterocycles. The average molecular weight is 460 g/mol. The summed E-state index contributed by atoms with van der Waals surface area (Å²) in [6, 6.07) is 7.23. The third-order valence-corrected chi connectivity index (χ3v) is 6.25. The van der Waals surface area contributed by atoms with Gasteiger partial charge in [-0.3, -0.25) is 9.59 Å². The van der Waals surface area contributed by atoms with E-state index in [0.29, 0.717) is 37.7 Å². The van der Waals surface area contributed by atoms with Crippen LogP contribution in [0.5, 0.6) is 0 Å². The number of carbonyl (C=O) groups is 3. The van der Waals surface area contributed by atoms with Crippen LogP contribution in [0.4, 0.5) is 16.5 Å². The van der Waals surface area contributed by atoms with Crippen LogP contribution in [0.15, 0.2) is 28.6 Å². The predicted molar refractivity (Wildman–Crippen MR) is 121 cm³/mol. The first-order valence-electron chi connectivity index (χ1n) is 9.20. The van der Waals surface area contributed by atoms with E-state index in [2.05, 4.69) is 25.8 Å². The fourth-order valence-corrected chi connectivity index (χ4v) is 4.60. The summed E-state index contributed by atoms with van der Waals surface area (Å²) in [5, 5.41) is 14.6. The third kappa shape index (κ3) is 5.50. The Labute approximate surface area is 187 Å². The molecule has 0 aliphatic carbocycles. The molecule has 0 unspecified atom stereocenters. The Morgan fingerprint density at radius 1 is 1.19 bits per heavy atom. The van der Waals surface area contributed by atoms with Gasteiger partial charge in [-0.05, 0) is 37.6 Å². The van der Waals surface area contributed by atoms with E-state index in [1.807, 2.05) is 12.1 Å². The minimum atomic E-state index is -0.472. The van der Waals surface area contributed by atoms with Crippen molar-refractivity contribution in [1.82, 2.24) is 15.2 Å². The molecule has 9 nitrogen and oxygen atoms in total. The quantitative estimate of drug-likeness (QED) is 0.263. The standard InChI is InChI=1S/C20H21N5O4S2/c1-10-16(18(28)29-4)11(2)21-17(10)15(27)9-30-20-25-24-19(31-20)23-14-7-5-6-13(8-14)22-12(3)26/h5-8,21H,9H2,1-4H3,(H,22,26)(H,23,24). The Balaban J connectivity index is 1.63. The molecule has 1 amide bonds. The molecule has 162 valence electrons. The Morgan fingerprint density at radius 3 is 2.65 bits per heavy atom. The lowest BCUT2D eigenvalue weighted by atomic mass is 10.1. The molecule has 11 heteroatoms. The zero-order valence-electron chi connectivity index (χ0n) is 17.4. The monoisotopic (exact) mass is 459 g/mol. The van der Waals surface area contributed by atoms with Crippen LogP contribution in [0.1, 0.15) is 39.0 Å². The Hall–Kier alpha value is -3.18. The van der Waals surface area contributed by atoms with Crippen molar-refractivity contribution in [3.8, 4) is 0 Å². The number of H-pyrrole nitrogens is 1. The van der Waals surface area contributed by atoms with E-state index in [9.17, 15) is 14.4 Å². The number of ketones is 1. The molecule has 3 aromatic rings. The van der Waals surface area contributed by atoms with Gasteiger partial charge in [0.05, 0.1) is 24.1 Å². The predicted octanol–water partition coefficient (Wildman–Crippen LogP) is 3.95. The molecule has 3 rings (SSSR count). The first-order valence-corrected chi connectivity index (χ1v) is 11.0. The molecule has 0 saturated carbocycles. The molecular formula is C20H21N5O4S2. The summed E-state index contributed by atoms with van der Waals surface area (Å²) in [6.45, 7) is 4.89. The number of anilines is 3. The van der Waals surface area contributed by atoms with Gasteiger partial charge in [-0.2, -0.15) is 0 Å². The van der Waals surface area contributed by atoms with Gasteiger partial charge in [-0.15, -0.1) is 10.2 Å². The maximum Gasteiger partial charge on any atom is 0.339 e. The van der Waals surface area contributed by atoms with Crippen LogP contribution in [0.3, 0.4) is 0 Å². The van der Waals surface area contributed by atoms with Crippen LogP contribution in [0, 0.1) is 13.8 Å². The highest BCUT2D eigenvalue weighted by Gasteiger charge is 2.22. The topological polar surface area (TPSA) is 126 Å². The second-order valence-electron chi connectivity index (χ2n) is 6.59. The maximum absolute atomic E-state index is 12.6. The largest absolute Gasteiger partial charge is 0.465 e. The number of aryl methyl sites for hydroxylation is 1. The Morgan fingerprint density at radius 2 is 1.94 bits per heavy atom. The molecule has 2 heterocycles. The lowest BCUT2D eigenvalue weighted by Crippen LogP contribution is -2.07. The van der Waals surface area contributed by atoms with Gasteiger partial charge >= 0.3 is 5.97 Å². The minimum Gasteiger partial charge on any atom is -0.465 e. The number of amides is 1. The van der Waals surface area contributed by atoms with E-state index in [1.165, 1.54) is 37.1 Å². The van der Waals surface area contributed by atoms with Crippen molar-refractivity contribution in [2.75, 3.05) is 23.5 Å². The second kappa shape index (κ2) is 9.75. The number of nitrogens with zero attached hydrogens (tertiary/aromatic N) is 2. The summed E-state index contributed by atoms with van der Waals surface area (Å²) < 4.78 is 5.41. The van der Waals surface area contributed by atoms with E-state index in [0.717, 1.165) is 5.69 Å². The number of methoxy groups -OCH3 is 1. The van der Waals surface area contributed by atoms with Crippen molar-refractivity contribution in [3.05, 3.63) is 46.8 Å². The first kappa shape index (κ1) is 22.5. The summed E-state index contributed by atoms with van der Waals surface area (Å²) in [5.74, 6) is -0.620. The van der Waals surface area contributed by atoms with Crippen LogP contribution in [0.25, 0.3) is 0 Å². The number of aromatic amines is 1. The number of benzene rings is 1. The molecule has 0 spiro atoms. The molecule has 2 aromatic heterocycles. The average Bonchev–Trinajstić information content (AvgIpc) is 3.29. The van der Waals surface area contributed by atoms with Crippen LogP contribution in [-0.2, 0) is 9.53 Å². The summed E-state index contributed by atoms with van der Waals surface area (Å²) >= 11 is 2.58. The van der Waals surface area contributed by atoms with Crippen LogP contribution < -0.4 is 10.6 Å². The van der Waals surface area contributed by atoms with Crippen LogP contribution in [-0.4, -0.2) is 45.7 Å². The smallest absolute Gasteiger partial charge is 0.339 e. The normalized spacial score (nSPS) is 10.6. The third-order valence-electron chi connectivity index (χ3n) is 4.27. The SMILES string of the molecule is COC(=O)c1c(C)[nH]c(C(=O)CSc2nnc(Nc3cccc(NC(C)=O)c3)s2)c1C. The van der Waals surface area contributed by atoms with Crippen molar-refractivity contribution in [1.29, 1.82) is 0 Å². The number of esters is 1. The molecule has 0 fully saturated rings. The number of Topliss-reactive ketones (excluding diaryl/α,β-unsaturated/α-hetero) is 1. The number of hydrogen-bond donors (Lipinski definition) is 3. The van der Waals surface area contributed by atoms with Crippen molar-refractivity contribution >= 4 is 57.3 Å². The Kier molecular flexibility index (Phi) is 7.08. The number of thioether (sulfide) groups is 1. The molecule has 0 bridgehead atoms. The van der Waals surface area contributed by atoms with Crippen molar-refractivity contribution < 1.29 is 19.1 Å². The Bertz CT molecular complexity index is 1140. The van der Waals surface area contributed by atoms with Crippen LogP contribution in [0.2, 0.25) is 0 Å². The van der Waals surface area contributed by atoms with Gasteiger partial charge in [0.2, 0.25) is 11.0 Å². The van der Waals surface area contributed by atoms with Gasteiger partial charge in [-0.25, -0.2) is 4.79 Å². The van der Waals surface area contributed by atoms with Gasteiger partial charge in [0, 0.05) is 24.0 Å². The van der Waals surface area contributed by atoms with Gasteiger partial charge < -0.3 is 20.4 Å². The molecule has 31 heavy (non-hydrogen) atoms. The zero-order valence-corrected chi connectivity index (χ0v) is 19.0. The maximum atomic E-state index is 12.6. The number of rotatable bonds is 8. The number of aromatic nitrogens is 3. The molecular weight excluding hydrogens is 438 g/mol. The minimum absolute atomic E-state index is 0.145. The molecule has 1 aromatic carbocycles.